The predicted octanol–water partition coefficient (Wildman–Crippen LogP) is 4.06. The summed E-state index contributed by atoms with van der Waals surface area (Å²) >= 11 is 0. The van der Waals surface area contributed by atoms with Crippen molar-refractivity contribution in [2.24, 2.45) is 11.8 Å². The van der Waals surface area contributed by atoms with Crippen LogP contribution in [-0.4, -0.2) is 0 Å². The summed E-state index contributed by atoms with van der Waals surface area (Å²) in [6.07, 6.45) is 6.81. The third kappa shape index (κ3) is 7.90. The average Bonchev–Trinajstić information content (AvgIpc) is 1.97. The zero-order chi connectivity index (χ0) is 8.69. The van der Waals surface area contributed by atoms with Gasteiger partial charge in [0.1, 0.15) is 0 Å². The Morgan fingerprint density at radius 1 is 1.09 bits per heavy atom. The molecule has 0 fully saturated rings. The van der Waals surface area contributed by atoms with Gasteiger partial charge in [0.05, 0.1) is 0 Å². The van der Waals surface area contributed by atoms with Crippen LogP contribution in [0, 0.1) is 18.8 Å². The molecule has 1 radical (unpaired) electrons. The van der Waals surface area contributed by atoms with Crippen LogP contribution in [0.3, 0.4) is 0 Å². The Morgan fingerprint density at radius 3 is 2.09 bits per heavy atom. The van der Waals surface area contributed by atoms with Crippen molar-refractivity contribution in [1.82, 2.24) is 0 Å². The van der Waals surface area contributed by atoms with E-state index in [1.807, 2.05) is 0 Å². The summed E-state index contributed by atoms with van der Waals surface area (Å²) in [7, 11) is 0. The Hall–Kier alpha value is 0. The van der Waals surface area contributed by atoms with Gasteiger partial charge in [-0.05, 0) is 11.8 Å². The molecule has 0 N–H and O–H groups in total. The molecule has 67 valence electrons. The Kier molecular flexibility index (Phi) is 6.69. The van der Waals surface area contributed by atoms with E-state index in [2.05, 4.69) is 27.7 Å². The van der Waals surface area contributed by atoms with Crippen LogP contribution in [0.15, 0.2) is 0 Å². The van der Waals surface area contributed by atoms with Gasteiger partial charge in [-0.25, -0.2) is 0 Å². The highest BCUT2D eigenvalue weighted by molar-refractivity contribution is 4.56. The SMILES string of the molecule is [CH2]C(C)CCCCC(C)CC. The van der Waals surface area contributed by atoms with Crippen LogP contribution in [0.2, 0.25) is 0 Å². The summed E-state index contributed by atoms with van der Waals surface area (Å²) in [5, 5.41) is 0. The second-order valence-electron chi connectivity index (χ2n) is 3.90. The van der Waals surface area contributed by atoms with Crippen LogP contribution in [0.5, 0.6) is 0 Å². The molecule has 0 rings (SSSR count). The van der Waals surface area contributed by atoms with E-state index >= 15 is 0 Å². The second-order valence-corrected chi connectivity index (χ2v) is 3.90. The molecule has 0 amide bonds. The lowest BCUT2D eigenvalue weighted by molar-refractivity contribution is 0.464. The van der Waals surface area contributed by atoms with Gasteiger partial charge in [-0.15, -0.1) is 0 Å². The maximum Gasteiger partial charge on any atom is -0.0443 e. The first kappa shape index (κ1) is 11.0. The van der Waals surface area contributed by atoms with Gasteiger partial charge in [0.2, 0.25) is 0 Å². The van der Waals surface area contributed by atoms with E-state index in [0.717, 1.165) is 5.92 Å². The molecule has 11 heavy (non-hydrogen) atoms. The summed E-state index contributed by atoms with van der Waals surface area (Å²) in [5.74, 6) is 1.57. The van der Waals surface area contributed by atoms with Gasteiger partial charge in [0.15, 0.2) is 0 Å². The van der Waals surface area contributed by atoms with Crippen LogP contribution in [0.25, 0.3) is 0 Å². The maximum absolute atomic E-state index is 3.98. The summed E-state index contributed by atoms with van der Waals surface area (Å²) in [6, 6.07) is 0. The molecule has 0 aliphatic rings. The van der Waals surface area contributed by atoms with Gasteiger partial charge in [0.25, 0.3) is 0 Å². The highest BCUT2D eigenvalue weighted by Gasteiger charge is 1.98. The highest BCUT2D eigenvalue weighted by Crippen LogP contribution is 2.14. The maximum atomic E-state index is 3.98. The fraction of sp³-hybridized carbons (Fsp3) is 0.909. The fourth-order valence-electron chi connectivity index (χ4n) is 1.19. The number of hydrogen-bond donors (Lipinski definition) is 0. The molecular weight excluding hydrogens is 132 g/mol. The number of unbranched alkanes of at least 4 members (excludes halogenated alkanes) is 1. The standard InChI is InChI=1S/C11H23/c1-5-11(4)9-7-6-8-10(2)3/h10-11H,2,5-9H2,1,3-4H3. The second kappa shape index (κ2) is 6.69. The largest absolute Gasteiger partial charge is 0.0651 e. The molecule has 2 unspecified atom stereocenters. The lowest BCUT2D eigenvalue weighted by Crippen LogP contribution is -1.93. The topological polar surface area (TPSA) is 0 Å². The van der Waals surface area contributed by atoms with Crippen molar-refractivity contribution in [2.45, 2.75) is 52.9 Å². The van der Waals surface area contributed by atoms with E-state index in [0.29, 0.717) is 5.92 Å². The minimum Gasteiger partial charge on any atom is -0.0651 e. The molecule has 0 aromatic rings. The minimum atomic E-state index is 0.645. The van der Waals surface area contributed by atoms with Crippen molar-refractivity contribution in [1.29, 1.82) is 0 Å². The minimum absolute atomic E-state index is 0.645. The molecule has 0 aromatic carbocycles. The van der Waals surface area contributed by atoms with Gasteiger partial charge >= 0.3 is 0 Å². The van der Waals surface area contributed by atoms with Crippen molar-refractivity contribution >= 4 is 0 Å². The van der Waals surface area contributed by atoms with E-state index < -0.39 is 0 Å². The van der Waals surface area contributed by atoms with Gasteiger partial charge in [-0.2, -0.15) is 0 Å². The molecule has 0 bridgehead atoms. The monoisotopic (exact) mass is 155 g/mol. The van der Waals surface area contributed by atoms with Crippen molar-refractivity contribution < 1.29 is 0 Å². The molecular formula is C11H23. The first-order valence-corrected chi connectivity index (χ1v) is 4.99. The van der Waals surface area contributed by atoms with E-state index in [1.54, 1.807) is 0 Å². The van der Waals surface area contributed by atoms with Crippen molar-refractivity contribution in [3.8, 4) is 0 Å². The third-order valence-electron chi connectivity index (χ3n) is 2.34. The Labute approximate surface area is 72.4 Å². The molecule has 0 spiro atoms. The van der Waals surface area contributed by atoms with E-state index in [-0.39, 0.29) is 0 Å². The quantitative estimate of drug-likeness (QED) is 0.507. The fourth-order valence-corrected chi connectivity index (χ4v) is 1.19. The normalized spacial score (nSPS) is 13.9. The van der Waals surface area contributed by atoms with Crippen LogP contribution in [-0.2, 0) is 0 Å². The van der Waals surface area contributed by atoms with Crippen molar-refractivity contribution in [3.63, 3.8) is 0 Å². The number of rotatable bonds is 6. The Balaban J connectivity index is 3.01. The van der Waals surface area contributed by atoms with E-state index in [4.69, 9.17) is 0 Å². The summed E-state index contributed by atoms with van der Waals surface area (Å²) in [5.41, 5.74) is 0. The zero-order valence-corrected chi connectivity index (χ0v) is 8.40. The molecule has 0 aromatic heterocycles. The van der Waals surface area contributed by atoms with Crippen LogP contribution in [0.4, 0.5) is 0 Å². The van der Waals surface area contributed by atoms with E-state index in [1.165, 1.54) is 32.1 Å². The molecule has 0 aliphatic carbocycles. The lowest BCUT2D eigenvalue weighted by atomic mass is 9.98. The van der Waals surface area contributed by atoms with Crippen LogP contribution >= 0.6 is 0 Å². The van der Waals surface area contributed by atoms with Crippen molar-refractivity contribution in [2.75, 3.05) is 0 Å². The van der Waals surface area contributed by atoms with Crippen LogP contribution in [0.1, 0.15) is 52.9 Å². The van der Waals surface area contributed by atoms with Crippen LogP contribution < -0.4 is 0 Å². The van der Waals surface area contributed by atoms with Gasteiger partial charge in [0, 0.05) is 0 Å². The van der Waals surface area contributed by atoms with Gasteiger partial charge < -0.3 is 0 Å². The van der Waals surface area contributed by atoms with Gasteiger partial charge in [-0.1, -0.05) is 59.8 Å². The van der Waals surface area contributed by atoms with Gasteiger partial charge in [-0.3, -0.25) is 0 Å². The van der Waals surface area contributed by atoms with E-state index in [9.17, 15) is 0 Å². The first-order chi connectivity index (χ1) is 5.16. The Bertz CT molecular complexity index is 74.1. The molecule has 0 heteroatoms. The highest BCUT2D eigenvalue weighted by atomic mass is 14.0. The molecule has 0 saturated heterocycles. The zero-order valence-electron chi connectivity index (χ0n) is 8.40. The first-order valence-electron chi connectivity index (χ1n) is 4.99. The third-order valence-corrected chi connectivity index (χ3v) is 2.34. The summed E-state index contributed by atoms with van der Waals surface area (Å²) < 4.78 is 0. The molecule has 0 aliphatic heterocycles. The molecule has 0 saturated carbocycles. The summed E-state index contributed by atoms with van der Waals surface area (Å²) in [6.45, 7) is 10.8. The smallest absolute Gasteiger partial charge is 0.0443 e. The molecule has 2 atom stereocenters. The molecule has 0 nitrogen and oxygen atoms in total. The summed E-state index contributed by atoms with van der Waals surface area (Å²) in [4.78, 5) is 0. The lowest BCUT2D eigenvalue weighted by Gasteiger charge is -2.08. The number of hydrogen-bond acceptors (Lipinski definition) is 0. The van der Waals surface area contributed by atoms with Crippen molar-refractivity contribution in [3.05, 3.63) is 6.92 Å². The average molecular weight is 155 g/mol. The molecule has 0 heterocycles. The predicted molar refractivity (Wildman–Crippen MR) is 52.4 cm³/mol. The Morgan fingerprint density at radius 2 is 1.64 bits per heavy atom.